The molecule has 0 amide bonds. The van der Waals surface area contributed by atoms with Crippen LogP contribution >= 0.6 is 0 Å². The standard InChI is InChI=1S/C14H13NO3.Na/c16-7-6-11-8-13(10-4-2-1-3-5-10)15-9-12(11)14(17)18;/h1-5,8-9,16H,6-7H2,(H,17,18);/q;+1/p-1. The van der Waals surface area contributed by atoms with E-state index < -0.39 is 5.97 Å². The number of carbonyl (C=O) groups is 1. The molecule has 0 aliphatic heterocycles. The number of rotatable bonds is 4. The Bertz CT molecular complexity index is 558. The molecule has 92 valence electrons. The molecular formula is C14H12NNaO3. The zero-order valence-corrected chi connectivity index (χ0v) is 12.7. The molecule has 1 N–H and O–H groups in total. The molecule has 4 nitrogen and oxygen atoms in total. The Labute approximate surface area is 133 Å². The monoisotopic (exact) mass is 265 g/mol. The van der Waals surface area contributed by atoms with E-state index in [2.05, 4.69) is 4.98 Å². The van der Waals surface area contributed by atoms with Gasteiger partial charge in [-0.1, -0.05) is 30.3 Å². The molecule has 0 saturated heterocycles. The number of benzene rings is 1. The van der Waals surface area contributed by atoms with Gasteiger partial charge in [-0.25, -0.2) is 0 Å². The maximum Gasteiger partial charge on any atom is 1.00 e. The SMILES string of the molecule is O=C([O-])c1cnc(-c2ccccc2)cc1CCO.[Na+]. The number of aromatic carboxylic acids is 1. The largest absolute Gasteiger partial charge is 1.00 e. The third-order valence-corrected chi connectivity index (χ3v) is 2.66. The number of aliphatic hydroxyl groups is 1. The van der Waals surface area contributed by atoms with Gasteiger partial charge in [0.15, 0.2) is 0 Å². The summed E-state index contributed by atoms with van der Waals surface area (Å²) in [6.45, 7) is -0.113. The molecule has 0 fully saturated rings. The molecule has 0 atom stereocenters. The Kier molecular flexibility index (Phi) is 6.18. The van der Waals surface area contributed by atoms with Gasteiger partial charge < -0.3 is 15.0 Å². The molecule has 0 radical (unpaired) electrons. The zero-order chi connectivity index (χ0) is 13.0. The topological polar surface area (TPSA) is 73.2 Å². The fourth-order valence-corrected chi connectivity index (χ4v) is 1.77. The second-order valence-electron chi connectivity index (χ2n) is 3.85. The minimum atomic E-state index is -1.27. The van der Waals surface area contributed by atoms with E-state index in [0.717, 1.165) is 5.56 Å². The third-order valence-electron chi connectivity index (χ3n) is 2.66. The Balaban J connectivity index is 0.00000180. The second-order valence-corrected chi connectivity index (χ2v) is 3.85. The number of carboxylic acids is 1. The molecular weight excluding hydrogens is 253 g/mol. The number of carbonyl (C=O) groups excluding carboxylic acids is 1. The number of carboxylic acid groups (broad SMARTS) is 1. The first-order valence-electron chi connectivity index (χ1n) is 5.59. The summed E-state index contributed by atoms with van der Waals surface area (Å²) in [7, 11) is 0. The third kappa shape index (κ3) is 3.88. The Morgan fingerprint density at radius 2 is 1.95 bits per heavy atom. The average Bonchev–Trinajstić information content (AvgIpc) is 2.40. The van der Waals surface area contributed by atoms with Crippen LogP contribution in [-0.2, 0) is 6.42 Å². The molecule has 0 bridgehead atoms. The van der Waals surface area contributed by atoms with Crippen LogP contribution in [0.25, 0.3) is 11.3 Å². The van der Waals surface area contributed by atoms with Crippen molar-refractivity contribution < 1.29 is 44.6 Å². The van der Waals surface area contributed by atoms with Gasteiger partial charge >= 0.3 is 29.6 Å². The van der Waals surface area contributed by atoms with E-state index in [4.69, 9.17) is 5.11 Å². The van der Waals surface area contributed by atoms with Crippen molar-refractivity contribution in [1.82, 2.24) is 4.98 Å². The molecule has 0 saturated carbocycles. The average molecular weight is 265 g/mol. The zero-order valence-electron chi connectivity index (χ0n) is 10.7. The van der Waals surface area contributed by atoms with Crippen LogP contribution < -0.4 is 34.7 Å². The molecule has 1 aromatic heterocycles. The van der Waals surface area contributed by atoms with Gasteiger partial charge in [0.1, 0.15) is 0 Å². The predicted octanol–water partition coefficient (Wildman–Crippen LogP) is -2.35. The summed E-state index contributed by atoms with van der Waals surface area (Å²) in [6, 6.07) is 11.1. The Morgan fingerprint density at radius 1 is 1.26 bits per heavy atom. The minimum Gasteiger partial charge on any atom is -0.545 e. The van der Waals surface area contributed by atoms with Crippen LogP contribution in [0.3, 0.4) is 0 Å². The van der Waals surface area contributed by atoms with Crippen LogP contribution in [0.2, 0.25) is 0 Å². The summed E-state index contributed by atoms with van der Waals surface area (Å²) in [5.74, 6) is -1.27. The van der Waals surface area contributed by atoms with Crippen LogP contribution in [0.15, 0.2) is 42.6 Å². The van der Waals surface area contributed by atoms with Crippen LogP contribution in [-0.4, -0.2) is 22.7 Å². The summed E-state index contributed by atoms with van der Waals surface area (Å²) in [5, 5.41) is 19.9. The van der Waals surface area contributed by atoms with Gasteiger partial charge in [-0.2, -0.15) is 0 Å². The smallest absolute Gasteiger partial charge is 0.545 e. The van der Waals surface area contributed by atoms with Crippen molar-refractivity contribution in [2.24, 2.45) is 0 Å². The Morgan fingerprint density at radius 3 is 2.53 bits per heavy atom. The minimum absolute atomic E-state index is 0. The van der Waals surface area contributed by atoms with Crippen LogP contribution in [0.5, 0.6) is 0 Å². The molecule has 1 heterocycles. The van der Waals surface area contributed by atoms with Crippen LogP contribution in [0.4, 0.5) is 0 Å². The first kappa shape index (κ1) is 15.9. The fraction of sp³-hybridized carbons (Fsp3) is 0.143. The summed E-state index contributed by atoms with van der Waals surface area (Å²) < 4.78 is 0. The van der Waals surface area contributed by atoms with E-state index in [0.29, 0.717) is 11.3 Å². The summed E-state index contributed by atoms with van der Waals surface area (Å²) in [4.78, 5) is 15.0. The van der Waals surface area contributed by atoms with E-state index in [1.807, 2.05) is 30.3 Å². The molecule has 2 aromatic rings. The maximum atomic E-state index is 10.9. The van der Waals surface area contributed by atoms with Gasteiger partial charge in [-0.05, 0) is 18.1 Å². The van der Waals surface area contributed by atoms with Crippen molar-refractivity contribution in [3.63, 3.8) is 0 Å². The molecule has 0 aliphatic carbocycles. The normalized spacial score (nSPS) is 9.74. The van der Waals surface area contributed by atoms with Gasteiger partial charge in [-0.15, -0.1) is 0 Å². The number of aromatic nitrogens is 1. The van der Waals surface area contributed by atoms with Crippen molar-refractivity contribution >= 4 is 5.97 Å². The number of aliphatic hydroxyl groups excluding tert-OH is 1. The van der Waals surface area contributed by atoms with E-state index in [1.54, 1.807) is 6.07 Å². The maximum absolute atomic E-state index is 10.9. The molecule has 2 rings (SSSR count). The Hall–Kier alpha value is -1.20. The van der Waals surface area contributed by atoms with E-state index in [1.165, 1.54) is 6.20 Å². The van der Waals surface area contributed by atoms with E-state index >= 15 is 0 Å². The number of hydrogen-bond acceptors (Lipinski definition) is 4. The molecule has 0 unspecified atom stereocenters. The molecule has 0 aliphatic rings. The van der Waals surface area contributed by atoms with Gasteiger partial charge in [0.2, 0.25) is 0 Å². The predicted molar refractivity (Wildman–Crippen MR) is 64.8 cm³/mol. The quantitative estimate of drug-likeness (QED) is 0.628. The van der Waals surface area contributed by atoms with E-state index in [-0.39, 0.29) is 48.1 Å². The molecule has 1 aromatic carbocycles. The number of hydrogen-bond donors (Lipinski definition) is 1. The van der Waals surface area contributed by atoms with Gasteiger partial charge in [-0.3, -0.25) is 4.98 Å². The van der Waals surface area contributed by atoms with Gasteiger partial charge in [0.25, 0.3) is 0 Å². The van der Waals surface area contributed by atoms with Crippen molar-refractivity contribution in [1.29, 1.82) is 0 Å². The molecule has 19 heavy (non-hydrogen) atoms. The van der Waals surface area contributed by atoms with Crippen molar-refractivity contribution in [2.45, 2.75) is 6.42 Å². The van der Waals surface area contributed by atoms with Crippen molar-refractivity contribution in [3.8, 4) is 11.3 Å². The molecule has 5 heteroatoms. The fourth-order valence-electron chi connectivity index (χ4n) is 1.77. The van der Waals surface area contributed by atoms with Gasteiger partial charge in [0.05, 0.1) is 11.7 Å². The van der Waals surface area contributed by atoms with Crippen molar-refractivity contribution in [2.75, 3.05) is 6.61 Å². The summed E-state index contributed by atoms with van der Waals surface area (Å²) in [6.07, 6.45) is 1.55. The summed E-state index contributed by atoms with van der Waals surface area (Å²) in [5.41, 5.74) is 2.15. The molecule has 0 spiro atoms. The van der Waals surface area contributed by atoms with Crippen molar-refractivity contribution in [3.05, 3.63) is 53.7 Å². The van der Waals surface area contributed by atoms with Gasteiger partial charge in [0, 0.05) is 23.9 Å². The van der Waals surface area contributed by atoms with Crippen LogP contribution in [0, 0.1) is 0 Å². The number of pyridine rings is 1. The number of nitrogens with zero attached hydrogens (tertiary/aromatic N) is 1. The first-order valence-corrected chi connectivity index (χ1v) is 5.59. The summed E-state index contributed by atoms with van der Waals surface area (Å²) >= 11 is 0. The first-order chi connectivity index (χ1) is 8.72. The van der Waals surface area contributed by atoms with Crippen LogP contribution in [0.1, 0.15) is 15.9 Å². The van der Waals surface area contributed by atoms with E-state index in [9.17, 15) is 9.90 Å². The second kappa shape index (κ2) is 7.40.